The number of hydrogen-bond donors (Lipinski definition) is 2. The fourth-order valence-corrected chi connectivity index (χ4v) is 3.88. The third-order valence-electron chi connectivity index (χ3n) is 5.58. The van der Waals surface area contributed by atoms with Crippen LogP contribution in [0.3, 0.4) is 0 Å². The first-order valence-corrected chi connectivity index (χ1v) is 10.9. The Kier molecular flexibility index (Phi) is 8.07. The van der Waals surface area contributed by atoms with Gasteiger partial charge >= 0.3 is 6.03 Å². The predicted octanol–water partition coefficient (Wildman–Crippen LogP) is 2.31. The molecule has 1 aromatic carbocycles. The van der Waals surface area contributed by atoms with E-state index in [0.717, 1.165) is 23.3 Å². The van der Waals surface area contributed by atoms with Gasteiger partial charge in [0, 0.05) is 51.9 Å². The van der Waals surface area contributed by atoms with E-state index in [1.165, 1.54) is 0 Å². The normalized spacial score (nSPS) is 14.8. The van der Waals surface area contributed by atoms with Crippen molar-refractivity contribution >= 4 is 23.0 Å². The maximum Gasteiger partial charge on any atom is 0.317 e. The van der Waals surface area contributed by atoms with Crippen LogP contribution < -0.4 is 10.6 Å². The van der Waals surface area contributed by atoms with Crippen LogP contribution in [0.1, 0.15) is 32.0 Å². The highest BCUT2D eigenvalue weighted by Crippen LogP contribution is 2.18. The van der Waals surface area contributed by atoms with Crippen molar-refractivity contribution < 1.29 is 14.3 Å². The van der Waals surface area contributed by atoms with E-state index in [1.807, 2.05) is 38.1 Å². The van der Waals surface area contributed by atoms with Gasteiger partial charge in [-0.3, -0.25) is 4.79 Å². The monoisotopic (exact) mass is 415 g/mol. The van der Waals surface area contributed by atoms with E-state index in [-0.39, 0.29) is 17.9 Å². The van der Waals surface area contributed by atoms with Crippen molar-refractivity contribution in [1.29, 1.82) is 0 Å². The van der Waals surface area contributed by atoms with Crippen molar-refractivity contribution in [2.75, 3.05) is 39.4 Å². The first-order valence-electron chi connectivity index (χ1n) is 10.9. The highest BCUT2D eigenvalue weighted by molar-refractivity contribution is 5.79. The van der Waals surface area contributed by atoms with Gasteiger partial charge in [-0.25, -0.2) is 9.78 Å². The van der Waals surface area contributed by atoms with Crippen LogP contribution in [0.4, 0.5) is 4.79 Å². The van der Waals surface area contributed by atoms with Crippen molar-refractivity contribution in [3.63, 3.8) is 0 Å². The number of nitrogens with zero attached hydrogens (tertiary/aromatic N) is 3. The summed E-state index contributed by atoms with van der Waals surface area (Å²) in [5.74, 6) is 1.02. The van der Waals surface area contributed by atoms with Gasteiger partial charge in [-0.15, -0.1) is 0 Å². The van der Waals surface area contributed by atoms with Gasteiger partial charge in [0.25, 0.3) is 0 Å². The van der Waals surface area contributed by atoms with Gasteiger partial charge in [0.2, 0.25) is 5.91 Å². The van der Waals surface area contributed by atoms with Crippen LogP contribution in [0, 0.1) is 12.8 Å². The van der Waals surface area contributed by atoms with Gasteiger partial charge in [-0.1, -0.05) is 12.1 Å². The molecule has 2 heterocycles. The SMILES string of the molecule is CCOCCCNC(=O)C1CCN(C(=O)NCCn2c(C)nc3ccccc32)CC1. The first kappa shape index (κ1) is 22.1. The second kappa shape index (κ2) is 11.0. The molecule has 1 aromatic heterocycles. The summed E-state index contributed by atoms with van der Waals surface area (Å²) in [6, 6.07) is 7.96. The second-order valence-corrected chi connectivity index (χ2v) is 7.63. The molecule has 1 saturated heterocycles. The minimum absolute atomic E-state index is 0.0129. The maximum absolute atomic E-state index is 12.5. The summed E-state index contributed by atoms with van der Waals surface area (Å²) in [5.41, 5.74) is 2.05. The van der Waals surface area contributed by atoms with Crippen molar-refractivity contribution in [2.45, 2.75) is 39.7 Å². The standard InChI is InChI=1S/C22H33N5O3/c1-3-30-16-6-11-23-21(28)18-9-13-26(14-10-18)22(29)24-12-15-27-17(2)25-19-7-4-5-8-20(19)27/h4-5,7-8,18H,3,6,9-16H2,1-2H3,(H,23,28)(H,24,29). The lowest BCUT2D eigenvalue weighted by Crippen LogP contribution is -2.47. The minimum atomic E-state index is -0.0624. The second-order valence-electron chi connectivity index (χ2n) is 7.63. The number of aromatic nitrogens is 2. The Morgan fingerprint density at radius 3 is 2.70 bits per heavy atom. The molecule has 0 spiro atoms. The lowest BCUT2D eigenvalue weighted by molar-refractivity contribution is -0.126. The van der Waals surface area contributed by atoms with Crippen LogP contribution in [-0.4, -0.2) is 65.8 Å². The molecule has 8 nitrogen and oxygen atoms in total. The number of amides is 3. The Balaban J connectivity index is 1.37. The van der Waals surface area contributed by atoms with Crippen molar-refractivity contribution in [2.24, 2.45) is 5.92 Å². The van der Waals surface area contributed by atoms with E-state index in [0.29, 0.717) is 58.8 Å². The van der Waals surface area contributed by atoms with Crippen molar-refractivity contribution in [1.82, 2.24) is 25.1 Å². The topological polar surface area (TPSA) is 88.5 Å². The number of imidazole rings is 1. The highest BCUT2D eigenvalue weighted by Gasteiger charge is 2.27. The number of hydrogen-bond acceptors (Lipinski definition) is 4. The predicted molar refractivity (Wildman–Crippen MR) is 116 cm³/mol. The molecule has 3 amide bonds. The largest absolute Gasteiger partial charge is 0.382 e. The number of carbonyl (C=O) groups excluding carboxylic acids is 2. The summed E-state index contributed by atoms with van der Waals surface area (Å²) in [6.45, 7) is 8.39. The Morgan fingerprint density at radius 1 is 1.17 bits per heavy atom. The molecule has 30 heavy (non-hydrogen) atoms. The van der Waals surface area contributed by atoms with Crippen molar-refractivity contribution in [3.8, 4) is 0 Å². The smallest absolute Gasteiger partial charge is 0.317 e. The van der Waals surface area contributed by atoms with E-state index in [4.69, 9.17) is 4.74 Å². The van der Waals surface area contributed by atoms with Crippen molar-refractivity contribution in [3.05, 3.63) is 30.1 Å². The zero-order chi connectivity index (χ0) is 21.3. The van der Waals surface area contributed by atoms with Gasteiger partial charge in [-0.05, 0) is 45.2 Å². The summed E-state index contributed by atoms with van der Waals surface area (Å²) in [5, 5.41) is 5.98. The number of benzene rings is 1. The van der Waals surface area contributed by atoms with E-state index < -0.39 is 0 Å². The van der Waals surface area contributed by atoms with Gasteiger partial charge < -0.3 is 24.8 Å². The molecule has 1 fully saturated rings. The summed E-state index contributed by atoms with van der Waals surface area (Å²) in [4.78, 5) is 31.1. The first-order chi connectivity index (χ1) is 14.6. The molecule has 0 atom stereocenters. The molecule has 8 heteroatoms. The van der Waals surface area contributed by atoms with Crippen LogP contribution in [0.15, 0.2) is 24.3 Å². The minimum Gasteiger partial charge on any atom is -0.382 e. The number of carbonyl (C=O) groups is 2. The van der Waals surface area contributed by atoms with Gasteiger partial charge in [0.05, 0.1) is 11.0 Å². The van der Waals surface area contributed by atoms with Crippen LogP contribution in [0.25, 0.3) is 11.0 Å². The van der Waals surface area contributed by atoms with Gasteiger partial charge in [0.15, 0.2) is 0 Å². The number of piperidine rings is 1. The van der Waals surface area contributed by atoms with E-state index >= 15 is 0 Å². The summed E-state index contributed by atoms with van der Waals surface area (Å²) in [7, 11) is 0. The van der Waals surface area contributed by atoms with E-state index in [2.05, 4.69) is 20.2 Å². The zero-order valence-corrected chi connectivity index (χ0v) is 18.0. The Bertz CT molecular complexity index is 842. The molecule has 2 N–H and O–H groups in total. The zero-order valence-electron chi connectivity index (χ0n) is 18.0. The number of ether oxygens (including phenoxy) is 1. The average Bonchev–Trinajstić information content (AvgIpc) is 3.08. The highest BCUT2D eigenvalue weighted by atomic mass is 16.5. The molecule has 1 aliphatic rings. The summed E-state index contributed by atoms with van der Waals surface area (Å²) in [6.07, 6.45) is 2.23. The molecule has 0 bridgehead atoms. The Morgan fingerprint density at radius 2 is 1.93 bits per heavy atom. The third-order valence-corrected chi connectivity index (χ3v) is 5.58. The average molecular weight is 416 g/mol. The number of likely N-dealkylation sites (tertiary alicyclic amines) is 1. The van der Waals surface area contributed by atoms with Crippen LogP contribution in [-0.2, 0) is 16.1 Å². The third kappa shape index (κ3) is 5.72. The number of aryl methyl sites for hydroxylation is 1. The van der Waals surface area contributed by atoms with Gasteiger partial charge in [0.1, 0.15) is 5.82 Å². The molecule has 2 aromatic rings. The summed E-state index contributed by atoms with van der Waals surface area (Å²) >= 11 is 0. The number of nitrogens with one attached hydrogen (secondary N) is 2. The summed E-state index contributed by atoms with van der Waals surface area (Å²) < 4.78 is 7.40. The number of para-hydroxylation sites is 2. The Hall–Kier alpha value is -2.61. The Labute approximate surface area is 178 Å². The molecule has 0 radical (unpaired) electrons. The number of fused-ring (bicyclic) bond motifs is 1. The number of rotatable bonds is 9. The quantitative estimate of drug-likeness (QED) is 0.615. The molecule has 0 unspecified atom stereocenters. The lowest BCUT2D eigenvalue weighted by atomic mass is 9.96. The van der Waals surface area contributed by atoms with Crippen LogP contribution in [0.2, 0.25) is 0 Å². The number of urea groups is 1. The molecule has 0 saturated carbocycles. The maximum atomic E-state index is 12.5. The molecular weight excluding hydrogens is 382 g/mol. The van der Waals surface area contributed by atoms with Crippen LogP contribution >= 0.6 is 0 Å². The van der Waals surface area contributed by atoms with E-state index in [1.54, 1.807) is 4.90 Å². The van der Waals surface area contributed by atoms with E-state index in [9.17, 15) is 9.59 Å². The van der Waals surface area contributed by atoms with Gasteiger partial charge in [-0.2, -0.15) is 0 Å². The lowest BCUT2D eigenvalue weighted by Gasteiger charge is -2.31. The molecule has 1 aliphatic heterocycles. The van der Waals surface area contributed by atoms with Crippen LogP contribution in [0.5, 0.6) is 0 Å². The fourth-order valence-electron chi connectivity index (χ4n) is 3.88. The molecular formula is C22H33N5O3. The molecule has 164 valence electrons. The molecule has 3 rings (SSSR count). The fraction of sp³-hybridized carbons (Fsp3) is 0.591. The molecule has 0 aliphatic carbocycles.